The molecule has 0 aliphatic carbocycles. The van der Waals surface area contributed by atoms with E-state index in [1.807, 2.05) is 0 Å². The third-order valence-electron chi connectivity index (χ3n) is 1.79. The molecule has 1 aliphatic heterocycles. The first-order valence-corrected chi connectivity index (χ1v) is 3.98. The van der Waals surface area contributed by atoms with Crippen LogP contribution in [0, 0.1) is 6.29 Å². The highest BCUT2D eigenvalue weighted by molar-refractivity contribution is 4.88. The Morgan fingerprint density at radius 2 is 1.70 bits per heavy atom. The first-order valence-electron chi connectivity index (χ1n) is 3.98. The first-order chi connectivity index (χ1) is 4.88. The lowest BCUT2D eigenvalue weighted by Crippen LogP contribution is -2.40. The molecule has 1 aliphatic rings. The Hall–Kier alpha value is -0.120. The molecule has 0 bridgehead atoms. The van der Waals surface area contributed by atoms with Gasteiger partial charge in [-0.05, 0) is 13.1 Å². The third-order valence-corrected chi connectivity index (χ3v) is 1.79. The predicted molar refractivity (Wildman–Crippen MR) is 42.2 cm³/mol. The molecule has 0 aromatic carbocycles. The summed E-state index contributed by atoms with van der Waals surface area (Å²) in [7, 11) is 0. The zero-order valence-corrected chi connectivity index (χ0v) is 6.78. The van der Waals surface area contributed by atoms with E-state index < -0.39 is 0 Å². The van der Waals surface area contributed by atoms with Crippen molar-refractivity contribution in [1.82, 2.24) is 15.5 Å². The van der Waals surface area contributed by atoms with E-state index in [2.05, 4.69) is 29.4 Å². The zero-order valence-electron chi connectivity index (χ0n) is 6.78. The summed E-state index contributed by atoms with van der Waals surface area (Å²) in [4.78, 5) is 2.28. The van der Waals surface area contributed by atoms with Crippen LogP contribution in [0.2, 0.25) is 0 Å². The van der Waals surface area contributed by atoms with Gasteiger partial charge in [0.2, 0.25) is 0 Å². The predicted octanol–water partition coefficient (Wildman–Crippen LogP) is -0.0320. The van der Waals surface area contributed by atoms with Gasteiger partial charge in [0, 0.05) is 13.1 Å². The molecule has 0 amide bonds. The summed E-state index contributed by atoms with van der Waals surface area (Å²) in [6.45, 7) is 8.60. The van der Waals surface area contributed by atoms with Gasteiger partial charge in [-0.2, -0.15) is 0 Å². The zero-order chi connectivity index (χ0) is 7.40. The Balaban J connectivity index is 2.29. The van der Waals surface area contributed by atoms with Crippen LogP contribution in [0.25, 0.3) is 0 Å². The van der Waals surface area contributed by atoms with E-state index in [-0.39, 0.29) is 0 Å². The van der Waals surface area contributed by atoms with Crippen LogP contribution < -0.4 is 10.6 Å². The molecule has 10 heavy (non-hydrogen) atoms. The molecule has 0 saturated carbocycles. The van der Waals surface area contributed by atoms with Crippen molar-refractivity contribution in [2.75, 3.05) is 26.2 Å². The van der Waals surface area contributed by atoms with Crippen molar-refractivity contribution in [3.8, 4) is 0 Å². The molecule has 1 saturated heterocycles. The fraction of sp³-hybridized carbons (Fsp3) is 0.857. The van der Waals surface area contributed by atoms with Gasteiger partial charge in [-0.25, -0.2) is 0 Å². The summed E-state index contributed by atoms with van der Waals surface area (Å²) >= 11 is 0. The SMILES string of the molecule is CCN(CC)[C]1NCCN1. The Kier molecular flexibility index (Phi) is 3.12. The van der Waals surface area contributed by atoms with Crippen molar-refractivity contribution in [2.45, 2.75) is 13.8 Å². The van der Waals surface area contributed by atoms with E-state index in [1.165, 1.54) is 6.29 Å². The molecule has 1 heterocycles. The largest absolute Gasteiger partial charge is 0.282 e. The number of rotatable bonds is 3. The average molecular weight is 142 g/mol. The van der Waals surface area contributed by atoms with Gasteiger partial charge < -0.3 is 0 Å². The summed E-state index contributed by atoms with van der Waals surface area (Å²) in [5, 5.41) is 6.58. The maximum absolute atomic E-state index is 3.29. The van der Waals surface area contributed by atoms with Gasteiger partial charge in [0.05, 0.1) is 0 Å². The van der Waals surface area contributed by atoms with E-state index >= 15 is 0 Å². The molecule has 1 fully saturated rings. The van der Waals surface area contributed by atoms with Crippen molar-refractivity contribution < 1.29 is 0 Å². The minimum absolute atomic E-state index is 1.06. The van der Waals surface area contributed by atoms with Crippen LogP contribution in [0.4, 0.5) is 0 Å². The number of nitrogens with zero attached hydrogens (tertiary/aromatic N) is 1. The molecule has 0 atom stereocenters. The summed E-state index contributed by atoms with van der Waals surface area (Å²) < 4.78 is 0. The summed E-state index contributed by atoms with van der Waals surface area (Å²) in [6, 6.07) is 0. The van der Waals surface area contributed by atoms with Gasteiger partial charge in [0.15, 0.2) is 6.29 Å². The van der Waals surface area contributed by atoms with Crippen LogP contribution in [-0.2, 0) is 0 Å². The standard InChI is InChI=1S/C7H16N3/c1-3-10(4-2)7-8-5-6-9-7/h8-9H,3-6H2,1-2H3. The second-order valence-electron chi connectivity index (χ2n) is 2.37. The van der Waals surface area contributed by atoms with Crippen LogP contribution >= 0.6 is 0 Å². The second kappa shape index (κ2) is 3.91. The van der Waals surface area contributed by atoms with Crippen molar-refractivity contribution in [2.24, 2.45) is 0 Å². The number of hydrogen-bond acceptors (Lipinski definition) is 3. The van der Waals surface area contributed by atoms with Crippen LogP contribution in [-0.4, -0.2) is 31.1 Å². The molecule has 3 nitrogen and oxygen atoms in total. The number of nitrogens with one attached hydrogen (secondary N) is 2. The van der Waals surface area contributed by atoms with Crippen LogP contribution in [0.3, 0.4) is 0 Å². The highest BCUT2D eigenvalue weighted by Gasteiger charge is 2.19. The second-order valence-corrected chi connectivity index (χ2v) is 2.37. The molecule has 1 radical (unpaired) electrons. The van der Waals surface area contributed by atoms with Gasteiger partial charge >= 0.3 is 0 Å². The molecule has 0 spiro atoms. The molecule has 2 N–H and O–H groups in total. The molecular weight excluding hydrogens is 126 g/mol. The van der Waals surface area contributed by atoms with Gasteiger partial charge in [0.1, 0.15) is 0 Å². The smallest absolute Gasteiger partial charge is 0.173 e. The minimum Gasteiger partial charge on any atom is -0.282 e. The van der Waals surface area contributed by atoms with Gasteiger partial charge in [-0.15, -0.1) is 0 Å². The first kappa shape index (κ1) is 7.98. The van der Waals surface area contributed by atoms with Crippen molar-refractivity contribution in [1.29, 1.82) is 0 Å². The molecule has 59 valence electrons. The lowest BCUT2D eigenvalue weighted by atomic mass is 10.5. The Bertz CT molecular complexity index is 84.9. The molecule has 1 rings (SSSR count). The van der Waals surface area contributed by atoms with E-state index in [1.54, 1.807) is 0 Å². The Morgan fingerprint density at radius 1 is 1.20 bits per heavy atom. The fourth-order valence-electron chi connectivity index (χ4n) is 1.19. The monoisotopic (exact) mass is 142 g/mol. The lowest BCUT2D eigenvalue weighted by molar-refractivity contribution is 0.276. The summed E-state index contributed by atoms with van der Waals surface area (Å²) in [5.41, 5.74) is 0. The van der Waals surface area contributed by atoms with E-state index in [4.69, 9.17) is 0 Å². The molecular formula is C7H16N3. The van der Waals surface area contributed by atoms with E-state index in [9.17, 15) is 0 Å². The molecule has 0 aromatic rings. The molecule has 0 unspecified atom stereocenters. The topological polar surface area (TPSA) is 27.3 Å². The summed E-state index contributed by atoms with van der Waals surface area (Å²) in [6.07, 6.45) is 1.20. The van der Waals surface area contributed by atoms with E-state index in [0.29, 0.717) is 0 Å². The minimum atomic E-state index is 1.06. The normalized spacial score (nSPS) is 20.7. The third kappa shape index (κ3) is 1.68. The summed E-state index contributed by atoms with van der Waals surface area (Å²) in [5.74, 6) is 0. The number of hydrogen-bond donors (Lipinski definition) is 2. The van der Waals surface area contributed by atoms with Gasteiger partial charge in [0.25, 0.3) is 0 Å². The highest BCUT2D eigenvalue weighted by atomic mass is 15.4. The lowest BCUT2D eigenvalue weighted by Gasteiger charge is -2.23. The van der Waals surface area contributed by atoms with Crippen LogP contribution in [0.5, 0.6) is 0 Å². The Labute approximate surface area is 62.8 Å². The maximum Gasteiger partial charge on any atom is 0.173 e. The van der Waals surface area contributed by atoms with Crippen molar-refractivity contribution >= 4 is 0 Å². The van der Waals surface area contributed by atoms with Crippen LogP contribution in [0.1, 0.15) is 13.8 Å². The van der Waals surface area contributed by atoms with Gasteiger partial charge in [-0.1, -0.05) is 13.8 Å². The van der Waals surface area contributed by atoms with Gasteiger partial charge in [-0.3, -0.25) is 15.5 Å². The highest BCUT2D eigenvalue weighted by Crippen LogP contribution is 2.02. The maximum atomic E-state index is 3.29. The molecule has 3 heteroatoms. The Morgan fingerprint density at radius 3 is 2.10 bits per heavy atom. The van der Waals surface area contributed by atoms with Crippen molar-refractivity contribution in [3.05, 3.63) is 6.29 Å². The average Bonchev–Trinajstić information content (AvgIpc) is 2.43. The quantitative estimate of drug-likeness (QED) is 0.579. The van der Waals surface area contributed by atoms with E-state index in [0.717, 1.165) is 26.2 Å². The van der Waals surface area contributed by atoms with Crippen LogP contribution in [0.15, 0.2) is 0 Å². The molecule has 0 aromatic heterocycles. The fourth-order valence-corrected chi connectivity index (χ4v) is 1.19. The van der Waals surface area contributed by atoms with Crippen molar-refractivity contribution in [3.63, 3.8) is 0 Å².